The molecule has 184 valence electrons. The van der Waals surface area contributed by atoms with Crippen LogP contribution in [0.1, 0.15) is 64.4 Å². The first-order valence-corrected chi connectivity index (χ1v) is 13.5. The molecular weight excluding hydrogens is 444 g/mol. The van der Waals surface area contributed by atoms with Crippen molar-refractivity contribution >= 4 is 27.5 Å². The van der Waals surface area contributed by atoms with Crippen LogP contribution in [0.4, 0.5) is 0 Å². The second-order valence-electron chi connectivity index (χ2n) is 8.61. The molecule has 0 aliphatic heterocycles. The summed E-state index contributed by atoms with van der Waals surface area (Å²) in [6.45, 7) is 7.92. The van der Waals surface area contributed by atoms with Crippen molar-refractivity contribution in [2.75, 3.05) is 26.2 Å². The van der Waals surface area contributed by atoms with Crippen molar-refractivity contribution in [1.29, 1.82) is 0 Å². The van der Waals surface area contributed by atoms with E-state index in [-0.39, 0.29) is 5.97 Å². The van der Waals surface area contributed by atoms with E-state index in [2.05, 4.69) is 35.0 Å². The minimum absolute atomic E-state index is 0.0661. The highest BCUT2D eigenvalue weighted by Gasteiger charge is 2.08. The summed E-state index contributed by atoms with van der Waals surface area (Å²) in [5, 5.41) is 0.682. The number of fused-ring (bicyclic) bond motifs is 1. The molecule has 2 aromatic carbocycles. The van der Waals surface area contributed by atoms with Gasteiger partial charge in [0.05, 0.1) is 16.8 Å². The van der Waals surface area contributed by atoms with Crippen molar-refractivity contribution in [3.8, 4) is 10.9 Å². The van der Waals surface area contributed by atoms with E-state index < -0.39 is 0 Å². The number of para-hydroxylation sites is 1. The number of ether oxygens (including phenoxy) is 2. The third-order valence-electron chi connectivity index (χ3n) is 5.86. The van der Waals surface area contributed by atoms with Crippen LogP contribution in [-0.2, 0) is 16.0 Å². The van der Waals surface area contributed by atoms with Gasteiger partial charge in [0.15, 0.2) is 0 Å². The average Bonchev–Trinajstić information content (AvgIpc) is 3.26. The number of aromatic nitrogens is 1. The Morgan fingerprint density at radius 2 is 1.68 bits per heavy atom. The van der Waals surface area contributed by atoms with Crippen LogP contribution >= 0.6 is 11.3 Å². The summed E-state index contributed by atoms with van der Waals surface area (Å²) in [6, 6.07) is 16.5. The van der Waals surface area contributed by atoms with E-state index in [0.717, 1.165) is 54.9 Å². The van der Waals surface area contributed by atoms with Gasteiger partial charge in [0.1, 0.15) is 5.75 Å². The molecule has 0 radical (unpaired) electrons. The van der Waals surface area contributed by atoms with Crippen LogP contribution in [-0.4, -0.2) is 42.1 Å². The van der Waals surface area contributed by atoms with E-state index in [4.69, 9.17) is 9.47 Å². The first-order chi connectivity index (χ1) is 16.7. The van der Waals surface area contributed by atoms with Gasteiger partial charge in [-0.2, -0.15) is 0 Å². The number of esters is 1. The number of rotatable bonds is 16. The fourth-order valence-corrected chi connectivity index (χ4v) is 4.75. The number of nitrogens with zero attached hydrogens (tertiary/aromatic N) is 2. The fourth-order valence-electron chi connectivity index (χ4n) is 3.92. The molecule has 0 N–H and O–H groups in total. The largest absolute Gasteiger partial charge is 0.466 e. The van der Waals surface area contributed by atoms with E-state index in [1.807, 2.05) is 37.3 Å². The third kappa shape index (κ3) is 9.07. The Hall–Kier alpha value is -2.44. The smallest absolute Gasteiger partial charge is 0.305 e. The van der Waals surface area contributed by atoms with Crippen LogP contribution in [0.5, 0.6) is 10.9 Å². The van der Waals surface area contributed by atoms with Gasteiger partial charge >= 0.3 is 5.97 Å². The molecule has 1 aromatic heterocycles. The van der Waals surface area contributed by atoms with Gasteiger partial charge in [-0.1, -0.05) is 61.8 Å². The van der Waals surface area contributed by atoms with Crippen molar-refractivity contribution in [2.45, 2.75) is 65.2 Å². The highest BCUT2D eigenvalue weighted by molar-refractivity contribution is 7.20. The van der Waals surface area contributed by atoms with E-state index in [9.17, 15) is 4.79 Å². The van der Waals surface area contributed by atoms with Crippen LogP contribution in [0.3, 0.4) is 0 Å². The predicted octanol–water partition coefficient (Wildman–Crippen LogP) is 7.25. The minimum Gasteiger partial charge on any atom is -0.466 e. The molecule has 0 aliphatic carbocycles. The molecule has 0 atom stereocenters. The zero-order valence-electron chi connectivity index (χ0n) is 20.6. The van der Waals surface area contributed by atoms with Crippen molar-refractivity contribution in [1.82, 2.24) is 9.88 Å². The lowest BCUT2D eigenvalue weighted by Gasteiger charge is -2.22. The average molecular weight is 483 g/mol. The highest BCUT2D eigenvalue weighted by Crippen LogP contribution is 2.31. The third-order valence-corrected chi connectivity index (χ3v) is 6.77. The lowest BCUT2D eigenvalue weighted by Crippen LogP contribution is -2.28. The van der Waals surface area contributed by atoms with Crippen LogP contribution in [0.25, 0.3) is 10.2 Å². The van der Waals surface area contributed by atoms with E-state index in [0.29, 0.717) is 18.2 Å². The van der Waals surface area contributed by atoms with Gasteiger partial charge in [-0.15, -0.1) is 0 Å². The van der Waals surface area contributed by atoms with Gasteiger partial charge in [-0.25, -0.2) is 4.98 Å². The van der Waals surface area contributed by atoms with Gasteiger partial charge in [0, 0.05) is 13.0 Å². The zero-order valence-corrected chi connectivity index (χ0v) is 21.4. The number of carbonyl (C=O) groups is 1. The Balaban J connectivity index is 1.40. The van der Waals surface area contributed by atoms with Crippen LogP contribution in [0.15, 0.2) is 48.5 Å². The number of unbranched alkanes of at least 4 members (excludes halogenated alkanes) is 4. The number of carbonyl (C=O) groups excluding carboxylic acids is 1. The Morgan fingerprint density at radius 1 is 0.912 bits per heavy atom. The lowest BCUT2D eigenvalue weighted by atomic mass is 10.1. The molecule has 5 nitrogen and oxygen atoms in total. The summed E-state index contributed by atoms with van der Waals surface area (Å²) in [6.07, 6.45) is 8.41. The maximum atomic E-state index is 11.4. The molecule has 0 unspecified atom stereocenters. The standard InChI is InChI=1S/C28H38N2O3S/c1-3-5-20-30(21-11-7-6-8-14-27(31)32-4-2)22-19-23-15-17-24(18-16-23)33-28-29-25-12-9-10-13-26(25)34-28/h9-10,12-13,15-18H,3-8,11,14,19-22H2,1-2H3. The first-order valence-electron chi connectivity index (χ1n) is 12.7. The van der Waals surface area contributed by atoms with Crippen molar-refractivity contribution in [3.63, 3.8) is 0 Å². The summed E-state index contributed by atoms with van der Waals surface area (Å²) < 4.78 is 12.1. The Morgan fingerprint density at radius 3 is 2.44 bits per heavy atom. The fraction of sp³-hybridized carbons (Fsp3) is 0.500. The topological polar surface area (TPSA) is 51.7 Å². The molecule has 0 bridgehead atoms. The van der Waals surface area contributed by atoms with Gasteiger partial charge in [0.2, 0.25) is 0 Å². The molecule has 34 heavy (non-hydrogen) atoms. The number of benzene rings is 2. The maximum Gasteiger partial charge on any atom is 0.305 e. The molecule has 3 aromatic rings. The molecule has 0 spiro atoms. The number of hydrogen-bond donors (Lipinski definition) is 0. The number of thiazole rings is 1. The van der Waals surface area contributed by atoms with Crippen LogP contribution in [0.2, 0.25) is 0 Å². The summed E-state index contributed by atoms with van der Waals surface area (Å²) in [7, 11) is 0. The Labute approximate surface area is 208 Å². The Bertz CT molecular complexity index is 954. The van der Waals surface area contributed by atoms with Gasteiger partial charge in [-0.05, 0) is 75.5 Å². The van der Waals surface area contributed by atoms with E-state index in [1.54, 1.807) is 11.3 Å². The monoisotopic (exact) mass is 482 g/mol. The molecule has 6 heteroatoms. The van der Waals surface area contributed by atoms with E-state index in [1.165, 1.54) is 31.2 Å². The summed E-state index contributed by atoms with van der Waals surface area (Å²) in [4.78, 5) is 18.6. The van der Waals surface area contributed by atoms with Crippen molar-refractivity contribution < 1.29 is 14.3 Å². The molecular formula is C28H38N2O3S. The van der Waals surface area contributed by atoms with Gasteiger partial charge in [0.25, 0.3) is 5.19 Å². The minimum atomic E-state index is -0.0661. The van der Waals surface area contributed by atoms with Crippen LogP contribution < -0.4 is 4.74 Å². The molecule has 0 amide bonds. The van der Waals surface area contributed by atoms with Gasteiger partial charge in [-0.3, -0.25) is 4.79 Å². The zero-order chi connectivity index (χ0) is 24.0. The molecule has 1 heterocycles. The molecule has 0 fully saturated rings. The van der Waals surface area contributed by atoms with Crippen LogP contribution in [0, 0.1) is 0 Å². The highest BCUT2D eigenvalue weighted by atomic mass is 32.1. The number of hydrogen-bond acceptors (Lipinski definition) is 6. The predicted molar refractivity (Wildman–Crippen MR) is 141 cm³/mol. The quantitative estimate of drug-likeness (QED) is 0.159. The Kier molecular flexibility index (Phi) is 11.3. The molecule has 0 saturated heterocycles. The summed E-state index contributed by atoms with van der Waals surface area (Å²) in [5.74, 6) is 0.761. The SMILES string of the molecule is CCCCN(CCCCCCC(=O)OCC)CCc1ccc(Oc2nc3ccccc3s2)cc1. The molecule has 0 saturated carbocycles. The molecule has 0 aliphatic rings. The first kappa shape index (κ1) is 26.2. The van der Waals surface area contributed by atoms with Crippen molar-refractivity contribution in [2.24, 2.45) is 0 Å². The molecule has 3 rings (SSSR count). The maximum absolute atomic E-state index is 11.4. The second-order valence-corrected chi connectivity index (χ2v) is 9.60. The lowest BCUT2D eigenvalue weighted by molar-refractivity contribution is -0.143. The summed E-state index contributed by atoms with van der Waals surface area (Å²) in [5.41, 5.74) is 2.30. The van der Waals surface area contributed by atoms with Crippen molar-refractivity contribution in [3.05, 3.63) is 54.1 Å². The normalized spacial score (nSPS) is 11.3. The van der Waals surface area contributed by atoms with E-state index >= 15 is 0 Å². The van der Waals surface area contributed by atoms with Gasteiger partial charge < -0.3 is 14.4 Å². The second kappa shape index (κ2) is 14.7. The summed E-state index contributed by atoms with van der Waals surface area (Å²) >= 11 is 1.57.